The van der Waals surface area contributed by atoms with Gasteiger partial charge in [0.15, 0.2) is 0 Å². The van der Waals surface area contributed by atoms with Crippen molar-refractivity contribution in [2.45, 2.75) is 28.7 Å². The number of fused-ring (bicyclic) bond motifs is 1. The van der Waals surface area contributed by atoms with Gasteiger partial charge in [-0.05, 0) is 66.4 Å². The maximum Gasteiger partial charge on any atom is 0.310 e. The number of hydrogen-bond donors (Lipinski definition) is 1. The van der Waals surface area contributed by atoms with E-state index in [0.717, 1.165) is 17.2 Å². The van der Waals surface area contributed by atoms with Crippen LogP contribution in [0.4, 0.5) is 25.1 Å². The molecular formula is C25H22F5N5O2S2. The fourth-order valence-corrected chi connectivity index (χ4v) is 6.66. The number of nitrogens with one attached hydrogen (secondary N) is 1. The third kappa shape index (κ3) is 5.56. The van der Waals surface area contributed by atoms with Crippen LogP contribution in [0.1, 0.15) is 18.5 Å². The number of pyridine rings is 1. The number of nitrogens with zero attached hydrogens (tertiary/aromatic N) is 4. The maximum absolute atomic E-state index is 13.2. The van der Waals surface area contributed by atoms with E-state index in [4.69, 9.17) is 0 Å². The van der Waals surface area contributed by atoms with E-state index in [2.05, 4.69) is 16.4 Å². The standard InChI is InChI=1S/C25H22F5N5O2S2/c26-39(27,28,29,30)24-3-1-2-21(14-24)33-20-10-12-34(13-11-20)38(36,37)23-7-4-18(5-8-23)19-6-9-25-32-16-22(15-31)35(25)17-19/h1-9,14,16-17,20,33H,10-13H2. The Morgan fingerprint density at radius 1 is 0.949 bits per heavy atom. The maximum atomic E-state index is 13.2. The van der Waals surface area contributed by atoms with Gasteiger partial charge in [0, 0.05) is 31.0 Å². The first-order valence-corrected chi connectivity index (χ1v) is 15.1. The number of piperidine rings is 1. The molecule has 0 amide bonds. The molecule has 14 heteroatoms. The molecule has 1 saturated heterocycles. The molecule has 39 heavy (non-hydrogen) atoms. The molecule has 2 aromatic heterocycles. The Morgan fingerprint density at radius 3 is 2.26 bits per heavy atom. The lowest BCUT2D eigenvalue weighted by molar-refractivity contribution is 0.329. The zero-order chi connectivity index (χ0) is 28.1. The van der Waals surface area contributed by atoms with E-state index >= 15 is 0 Å². The number of imidazole rings is 1. The fourth-order valence-electron chi connectivity index (χ4n) is 4.50. The van der Waals surface area contributed by atoms with E-state index in [1.54, 1.807) is 28.8 Å². The number of rotatable bonds is 6. The van der Waals surface area contributed by atoms with Crippen LogP contribution in [0.5, 0.6) is 0 Å². The number of halogens is 5. The van der Waals surface area contributed by atoms with Gasteiger partial charge < -0.3 is 5.32 Å². The molecular weight excluding hydrogens is 561 g/mol. The number of nitriles is 1. The van der Waals surface area contributed by atoms with Crippen molar-refractivity contribution in [1.82, 2.24) is 13.7 Å². The first-order chi connectivity index (χ1) is 18.1. The average Bonchev–Trinajstić information content (AvgIpc) is 3.30. The number of aromatic nitrogens is 2. The Balaban J connectivity index is 1.26. The summed E-state index contributed by atoms with van der Waals surface area (Å²) >= 11 is 0. The predicted molar refractivity (Wildman–Crippen MR) is 139 cm³/mol. The lowest BCUT2D eigenvalue weighted by atomic mass is 10.1. The summed E-state index contributed by atoms with van der Waals surface area (Å²) in [5, 5.41) is 12.1. The van der Waals surface area contributed by atoms with E-state index in [1.807, 2.05) is 6.07 Å². The summed E-state index contributed by atoms with van der Waals surface area (Å²) in [4.78, 5) is 2.26. The monoisotopic (exact) mass is 583 g/mol. The van der Waals surface area contributed by atoms with Gasteiger partial charge in [-0.3, -0.25) is 4.40 Å². The highest BCUT2D eigenvalue weighted by Gasteiger charge is 2.65. The second-order valence-electron chi connectivity index (χ2n) is 9.25. The fraction of sp³-hybridized carbons (Fsp3) is 0.200. The first kappa shape index (κ1) is 26.9. The molecule has 1 fully saturated rings. The van der Waals surface area contributed by atoms with Gasteiger partial charge in [-0.1, -0.05) is 37.6 Å². The van der Waals surface area contributed by atoms with Crippen molar-refractivity contribution in [3.05, 3.63) is 78.8 Å². The number of hydrogen-bond acceptors (Lipinski definition) is 5. The topological polar surface area (TPSA) is 90.5 Å². The van der Waals surface area contributed by atoms with Crippen molar-refractivity contribution >= 4 is 31.6 Å². The van der Waals surface area contributed by atoms with E-state index in [9.17, 15) is 33.1 Å². The molecule has 0 unspecified atom stereocenters. The quantitative estimate of drug-likeness (QED) is 0.252. The van der Waals surface area contributed by atoms with Crippen LogP contribution < -0.4 is 5.32 Å². The summed E-state index contributed by atoms with van der Waals surface area (Å²) in [7, 11) is -13.6. The smallest absolute Gasteiger partial charge is 0.310 e. The number of anilines is 1. The second kappa shape index (κ2) is 8.67. The van der Waals surface area contributed by atoms with Gasteiger partial charge in [0.25, 0.3) is 0 Å². The summed E-state index contributed by atoms with van der Waals surface area (Å²) in [6.07, 6.45) is 3.77. The van der Waals surface area contributed by atoms with Crippen LogP contribution >= 0.6 is 10.2 Å². The number of sulfonamides is 1. The van der Waals surface area contributed by atoms with Gasteiger partial charge in [0.2, 0.25) is 10.0 Å². The summed E-state index contributed by atoms with van der Waals surface area (Å²) < 4.78 is 95.0. The lowest BCUT2D eigenvalue weighted by Gasteiger charge is -2.40. The third-order valence-electron chi connectivity index (χ3n) is 6.55. The van der Waals surface area contributed by atoms with Crippen molar-refractivity contribution < 1.29 is 27.8 Å². The molecule has 2 aromatic carbocycles. The van der Waals surface area contributed by atoms with Crippen LogP contribution in [0.2, 0.25) is 0 Å². The highest BCUT2D eigenvalue weighted by Crippen LogP contribution is 3.02. The summed E-state index contributed by atoms with van der Waals surface area (Å²) in [6, 6.07) is 14.5. The summed E-state index contributed by atoms with van der Waals surface area (Å²) in [5.74, 6) is 0. The van der Waals surface area contributed by atoms with Gasteiger partial charge in [-0.25, -0.2) is 13.4 Å². The molecule has 1 aliphatic heterocycles. The van der Waals surface area contributed by atoms with Crippen LogP contribution in [-0.2, 0) is 10.0 Å². The Hall–Kier alpha value is -3.67. The Labute approximate surface area is 221 Å². The zero-order valence-electron chi connectivity index (χ0n) is 20.1. The molecule has 7 nitrogen and oxygen atoms in total. The van der Waals surface area contributed by atoms with Gasteiger partial charge in [-0.15, -0.1) is 0 Å². The van der Waals surface area contributed by atoms with Crippen LogP contribution in [0.15, 0.2) is 82.8 Å². The molecule has 0 saturated carbocycles. The molecule has 1 aliphatic rings. The molecule has 0 bridgehead atoms. The van der Waals surface area contributed by atoms with Gasteiger partial charge in [0.1, 0.15) is 22.3 Å². The third-order valence-corrected chi connectivity index (χ3v) is 9.61. The van der Waals surface area contributed by atoms with Crippen LogP contribution in [0.3, 0.4) is 0 Å². The first-order valence-electron chi connectivity index (χ1n) is 11.7. The Bertz CT molecular complexity index is 1710. The summed E-state index contributed by atoms with van der Waals surface area (Å²) in [5.41, 5.74) is 2.39. The van der Waals surface area contributed by atoms with Crippen LogP contribution in [0.25, 0.3) is 16.8 Å². The molecule has 1 N–H and O–H groups in total. The minimum Gasteiger partial charge on any atom is -0.382 e. The zero-order valence-corrected chi connectivity index (χ0v) is 21.8. The van der Waals surface area contributed by atoms with E-state index < -0.39 is 25.1 Å². The Morgan fingerprint density at radius 2 is 1.62 bits per heavy atom. The Kier molecular flexibility index (Phi) is 5.98. The van der Waals surface area contributed by atoms with Gasteiger partial charge >= 0.3 is 10.2 Å². The second-order valence-corrected chi connectivity index (χ2v) is 13.6. The molecule has 0 spiro atoms. The van der Waals surface area contributed by atoms with Crippen molar-refractivity contribution in [1.29, 1.82) is 5.26 Å². The predicted octanol–water partition coefficient (Wildman–Crippen LogP) is 6.80. The van der Waals surface area contributed by atoms with Gasteiger partial charge in [-0.2, -0.15) is 9.57 Å². The van der Waals surface area contributed by atoms with Crippen molar-refractivity contribution in [3.63, 3.8) is 0 Å². The SMILES string of the molecule is N#Cc1cnc2ccc(-c3ccc(S(=O)(=O)N4CCC(Nc5cccc(S(F)(F)(F)(F)F)c5)CC4)cc3)cn12. The van der Waals surface area contributed by atoms with E-state index in [0.29, 0.717) is 23.5 Å². The highest BCUT2D eigenvalue weighted by molar-refractivity contribution is 8.45. The van der Waals surface area contributed by atoms with Crippen LogP contribution in [0, 0.1) is 11.3 Å². The lowest BCUT2D eigenvalue weighted by Crippen LogP contribution is -2.42. The molecule has 0 aliphatic carbocycles. The highest BCUT2D eigenvalue weighted by atomic mass is 32.5. The van der Waals surface area contributed by atoms with Gasteiger partial charge in [0.05, 0.1) is 11.1 Å². The molecule has 4 aromatic rings. The van der Waals surface area contributed by atoms with E-state index in [1.165, 1.54) is 28.7 Å². The largest absolute Gasteiger partial charge is 0.382 e. The van der Waals surface area contributed by atoms with Crippen molar-refractivity contribution in [2.24, 2.45) is 0 Å². The molecule has 5 rings (SSSR count). The summed E-state index contributed by atoms with van der Waals surface area (Å²) in [6.45, 7) is 0.217. The number of benzene rings is 2. The average molecular weight is 584 g/mol. The minimum atomic E-state index is -9.80. The van der Waals surface area contributed by atoms with Crippen molar-refractivity contribution in [2.75, 3.05) is 18.4 Å². The van der Waals surface area contributed by atoms with Crippen LogP contribution in [-0.4, -0.2) is 41.2 Å². The normalized spacial score (nSPS) is 17.3. The molecule has 0 atom stereocenters. The van der Waals surface area contributed by atoms with E-state index in [-0.39, 0.29) is 42.6 Å². The minimum absolute atomic E-state index is 0.0858. The van der Waals surface area contributed by atoms with Crippen molar-refractivity contribution in [3.8, 4) is 17.2 Å². The molecule has 206 valence electrons. The molecule has 0 radical (unpaired) electrons. The molecule has 3 heterocycles.